The Labute approximate surface area is 367 Å². The second-order valence-corrected chi connectivity index (χ2v) is 16.9. The molecule has 0 saturated carbocycles. The molecule has 0 radical (unpaired) electrons. The normalized spacial score (nSPS) is 12.1. The van der Waals surface area contributed by atoms with E-state index in [0.29, 0.717) is 0 Å². The Kier molecular flexibility index (Phi) is 7.36. The molecule has 4 nitrogen and oxygen atoms in total. The fourth-order valence-corrected chi connectivity index (χ4v) is 10.5. The lowest BCUT2D eigenvalue weighted by molar-refractivity contribution is 1.12. The third kappa shape index (κ3) is 5.05. The molecule has 14 aromatic rings. The molecule has 64 heavy (non-hydrogen) atoms. The first kappa shape index (κ1) is 35.0. The van der Waals surface area contributed by atoms with Crippen LogP contribution in [-0.4, -0.2) is 19.1 Å². The fraction of sp³-hybridized carbons (Fsp3) is 0. The number of hydrogen-bond donors (Lipinski definition) is 0. The minimum atomic E-state index is 0.921. The summed E-state index contributed by atoms with van der Waals surface area (Å²) in [5.74, 6) is 0.921. The maximum absolute atomic E-state index is 5.56. The van der Waals surface area contributed by atoms with Crippen LogP contribution in [0.2, 0.25) is 0 Å². The number of para-hydroxylation sites is 3. The van der Waals surface area contributed by atoms with Crippen molar-refractivity contribution in [1.29, 1.82) is 0 Å². The second-order valence-electron chi connectivity index (χ2n) is 16.9. The number of aromatic nitrogens is 4. The van der Waals surface area contributed by atoms with Gasteiger partial charge in [-0.2, -0.15) is 0 Å². The lowest BCUT2D eigenvalue weighted by Crippen LogP contribution is -1.99. The summed E-state index contributed by atoms with van der Waals surface area (Å²) < 4.78 is 4.77. The quantitative estimate of drug-likeness (QED) is 0.162. The van der Waals surface area contributed by atoms with Gasteiger partial charge in [-0.25, -0.2) is 9.97 Å². The number of hydrogen-bond acceptors (Lipinski definition) is 2. The number of fused-ring (bicyclic) bond motifs is 8. The van der Waals surface area contributed by atoms with Gasteiger partial charge in [0.05, 0.1) is 39.0 Å². The van der Waals surface area contributed by atoms with E-state index in [1.165, 1.54) is 48.5 Å². The van der Waals surface area contributed by atoms with E-state index in [9.17, 15) is 0 Å². The third-order valence-corrected chi connectivity index (χ3v) is 13.4. The maximum Gasteiger partial charge on any atom is 0.145 e. The topological polar surface area (TPSA) is 35.6 Å². The molecule has 14 rings (SSSR count). The number of rotatable bonds is 5. The van der Waals surface area contributed by atoms with Gasteiger partial charge in [0.1, 0.15) is 5.82 Å². The Morgan fingerprint density at radius 2 is 0.953 bits per heavy atom. The van der Waals surface area contributed by atoms with Gasteiger partial charge in [0.2, 0.25) is 0 Å². The van der Waals surface area contributed by atoms with E-state index in [1.54, 1.807) is 0 Å². The number of benzene rings is 11. The molecule has 4 heteroatoms. The van der Waals surface area contributed by atoms with Crippen LogP contribution in [0, 0.1) is 0 Å². The summed E-state index contributed by atoms with van der Waals surface area (Å²) in [6.07, 6.45) is 0. The highest BCUT2D eigenvalue weighted by Crippen LogP contribution is 2.43. The predicted octanol–water partition coefficient (Wildman–Crippen LogP) is 15.7. The van der Waals surface area contributed by atoms with Gasteiger partial charge in [0.15, 0.2) is 0 Å². The van der Waals surface area contributed by atoms with Gasteiger partial charge in [0, 0.05) is 43.7 Å². The molecule has 0 aliphatic rings. The van der Waals surface area contributed by atoms with Gasteiger partial charge in [-0.3, -0.25) is 4.57 Å². The zero-order valence-corrected chi connectivity index (χ0v) is 34.6. The van der Waals surface area contributed by atoms with Crippen molar-refractivity contribution in [3.63, 3.8) is 0 Å². The average molecular weight is 813 g/mol. The average Bonchev–Trinajstić information content (AvgIpc) is 3.92. The fourth-order valence-electron chi connectivity index (χ4n) is 10.5. The van der Waals surface area contributed by atoms with Crippen LogP contribution in [0.4, 0.5) is 0 Å². The van der Waals surface area contributed by atoms with Crippen molar-refractivity contribution in [2.24, 2.45) is 0 Å². The van der Waals surface area contributed by atoms with Crippen molar-refractivity contribution in [1.82, 2.24) is 19.1 Å². The van der Waals surface area contributed by atoms with Crippen LogP contribution in [0.25, 0.3) is 132 Å². The summed E-state index contributed by atoms with van der Waals surface area (Å²) in [6, 6.07) is 79.0. The lowest BCUT2D eigenvalue weighted by atomic mass is 9.93. The van der Waals surface area contributed by atoms with E-state index in [2.05, 4.69) is 228 Å². The van der Waals surface area contributed by atoms with E-state index < -0.39 is 0 Å². The Bertz CT molecular complexity index is 4150. The Morgan fingerprint density at radius 1 is 0.328 bits per heavy atom. The van der Waals surface area contributed by atoms with Gasteiger partial charge in [-0.05, 0) is 79.8 Å². The summed E-state index contributed by atoms with van der Waals surface area (Å²) >= 11 is 0. The summed E-state index contributed by atoms with van der Waals surface area (Å²) in [6.45, 7) is 0. The largest absolute Gasteiger partial charge is 0.307 e. The molecule has 0 aliphatic carbocycles. The zero-order valence-electron chi connectivity index (χ0n) is 34.6. The summed E-state index contributed by atoms with van der Waals surface area (Å²) in [5.41, 5.74) is 13.0. The molecule has 296 valence electrons. The zero-order chi connectivity index (χ0) is 41.9. The summed E-state index contributed by atoms with van der Waals surface area (Å²) in [7, 11) is 0. The van der Waals surface area contributed by atoms with Gasteiger partial charge >= 0.3 is 0 Å². The SMILES string of the molecule is c1ccc(-c2nc3c(ccc4c5ccc(-c6ccc(-c7nc8ccccc8n7-c7ccc8ccc9cccc%10ccc7c8c9%10)cc6)cc5n(-c5ccccc5)c43)c3ccccc23)cc1. The summed E-state index contributed by atoms with van der Waals surface area (Å²) in [4.78, 5) is 10.9. The molecule has 0 fully saturated rings. The van der Waals surface area contributed by atoms with Crippen molar-refractivity contribution in [3.05, 3.63) is 218 Å². The molecular weight excluding hydrogens is 777 g/mol. The van der Waals surface area contributed by atoms with E-state index >= 15 is 0 Å². The van der Waals surface area contributed by atoms with Crippen molar-refractivity contribution in [2.75, 3.05) is 0 Å². The highest BCUT2D eigenvalue weighted by atomic mass is 15.1. The molecule has 0 saturated heterocycles. The van der Waals surface area contributed by atoms with Gasteiger partial charge in [-0.1, -0.05) is 182 Å². The lowest BCUT2D eigenvalue weighted by Gasteiger charge is -2.17. The Balaban J connectivity index is 0.950. The predicted molar refractivity (Wildman–Crippen MR) is 268 cm³/mol. The van der Waals surface area contributed by atoms with Crippen LogP contribution < -0.4 is 0 Å². The van der Waals surface area contributed by atoms with Crippen molar-refractivity contribution in [2.45, 2.75) is 0 Å². The standard InChI is InChI=1S/C60H36N4/c1-3-12-41(13-4-1)57-47-19-8-7-18-45(47)48-33-34-49-46-31-29-43(36-54(46)63(59(49)58(48)62-57)44-16-5-2-6-17-44)37-22-26-42(27-23-37)60-61-51-20-9-10-21-53(51)64(60)52-35-30-40-25-24-38-14-11-15-39-28-32-50(52)56(40)55(38)39/h1-36H. The van der Waals surface area contributed by atoms with Gasteiger partial charge in [0.25, 0.3) is 0 Å². The van der Waals surface area contributed by atoms with E-state index in [0.717, 1.165) is 83.5 Å². The minimum absolute atomic E-state index is 0.921. The molecule has 0 bridgehead atoms. The van der Waals surface area contributed by atoms with Crippen LogP contribution in [0.1, 0.15) is 0 Å². The Hall–Kier alpha value is -8.60. The molecule has 0 unspecified atom stereocenters. The van der Waals surface area contributed by atoms with Crippen LogP contribution >= 0.6 is 0 Å². The first-order chi connectivity index (χ1) is 31.7. The number of imidazole rings is 1. The van der Waals surface area contributed by atoms with Crippen LogP contribution in [0.5, 0.6) is 0 Å². The highest BCUT2D eigenvalue weighted by Gasteiger charge is 2.21. The van der Waals surface area contributed by atoms with Crippen LogP contribution in [-0.2, 0) is 0 Å². The molecule has 0 aliphatic heterocycles. The molecule has 3 heterocycles. The molecule has 11 aromatic carbocycles. The van der Waals surface area contributed by atoms with E-state index in [1.807, 2.05) is 0 Å². The second kappa shape index (κ2) is 13.4. The highest BCUT2D eigenvalue weighted by molar-refractivity contribution is 6.25. The van der Waals surface area contributed by atoms with Gasteiger partial charge in [-0.15, -0.1) is 0 Å². The number of pyridine rings is 1. The Morgan fingerprint density at radius 3 is 1.78 bits per heavy atom. The monoisotopic (exact) mass is 812 g/mol. The molecular formula is C60H36N4. The van der Waals surface area contributed by atoms with Crippen molar-refractivity contribution >= 4 is 86.8 Å². The van der Waals surface area contributed by atoms with Crippen LogP contribution in [0.15, 0.2) is 218 Å². The minimum Gasteiger partial charge on any atom is -0.307 e. The maximum atomic E-state index is 5.56. The first-order valence-corrected chi connectivity index (χ1v) is 21.9. The molecule has 0 N–H and O–H groups in total. The molecule has 0 atom stereocenters. The molecule has 0 amide bonds. The van der Waals surface area contributed by atoms with E-state index in [-0.39, 0.29) is 0 Å². The van der Waals surface area contributed by atoms with Crippen LogP contribution in [0.3, 0.4) is 0 Å². The molecule has 3 aromatic heterocycles. The summed E-state index contributed by atoms with van der Waals surface area (Å²) in [5, 5.41) is 13.5. The first-order valence-electron chi connectivity index (χ1n) is 21.9. The number of nitrogens with zero attached hydrogens (tertiary/aromatic N) is 4. The van der Waals surface area contributed by atoms with Gasteiger partial charge < -0.3 is 4.57 Å². The van der Waals surface area contributed by atoms with E-state index in [4.69, 9.17) is 9.97 Å². The smallest absolute Gasteiger partial charge is 0.145 e. The van der Waals surface area contributed by atoms with Crippen molar-refractivity contribution in [3.8, 4) is 45.1 Å². The van der Waals surface area contributed by atoms with Crippen molar-refractivity contribution < 1.29 is 0 Å². The molecule has 0 spiro atoms. The third-order valence-electron chi connectivity index (χ3n) is 13.4.